The Morgan fingerprint density at radius 3 is 2.32 bits per heavy atom. The summed E-state index contributed by atoms with van der Waals surface area (Å²) in [6, 6.07) is 5.75. The summed E-state index contributed by atoms with van der Waals surface area (Å²) < 4.78 is 0. The molecule has 9 heteroatoms. The van der Waals surface area contributed by atoms with E-state index in [2.05, 4.69) is 10.6 Å². The van der Waals surface area contributed by atoms with Gasteiger partial charge >= 0.3 is 12.0 Å². The van der Waals surface area contributed by atoms with Crippen molar-refractivity contribution in [1.29, 1.82) is 0 Å². The van der Waals surface area contributed by atoms with Crippen molar-refractivity contribution in [3.63, 3.8) is 0 Å². The number of nitrogens with zero attached hydrogens (tertiary/aromatic N) is 1. The van der Waals surface area contributed by atoms with Gasteiger partial charge in [-0.2, -0.15) is 0 Å². The number of carboxylic acids is 1. The van der Waals surface area contributed by atoms with Crippen LogP contribution in [0.4, 0.5) is 4.79 Å². The number of rotatable bonds is 7. The molecule has 2 atom stereocenters. The summed E-state index contributed by atoms with van der Waals surface area (Å²) in [5.74, 6) is -1.41. The molecule has 1 aliphatic heterocycles. The minimum atomic E-state index is -1.12. The molecule has 0 radical (unpaired) electrons. The highest BCUT2D eigenvalue weighted by atomic mass is 35.5. The van der Waals surface area contributed by atoms with Gasteiger partial charge in [-0.15, -0.1) is 0 Å². The monoisotopic (exact) mass is 453 g/mol. The minimum Gasteiger partial charge on any atom is -0.481 e. The molecule has 0 aromatic heterocycles. The molecule has 0 unspecified atom stereocenters. The molecule has 8 nitrogen and oxygen atoms in total. The predicted molar refractivity (Wildman–Crippen MR) is 118 cm³/mol. The molecule has 1 heterocycles. The van der Waals surface area contributed by atoms with Crippen molar-refractivity contribution in [3.8, 4) is 0 Å². The van der Waals surface area contributed by atoms with Gasteiger partial charge in [-0.05, 0) is 30.0 Å². The molecule has 31 heavy (non-hydrogen) atoms. The van der Waals surface area contributed by atoms with Crippen LogP contribution in [0, 0.1) is 11.3 Å². The molecule has 1 saturated heterocycles. The van der Waals surface area contributed by atoms with E-state index in [1.165, 1.54) is 0 Å². The third-order valence-corrected chi connectivity index (χ3v) is 6.18. The summed E-state index contributed by atoms with van der Waals surface area (Å²) in [6.45, 7) is 8.13. The molecule has 1 aliphatic rings. The van der Waals surface area contributed by atoms with Crippen LogP contribution in [0.2, 0.25) is 5.02 Å². The third kappa shape index (κ3) is 5.89. The number of aliphatic hydroxyl groups is 1. The van der Waals surface area contributed by atoms with E-state index in [1.807, 2.05) is 39.8 Å². The number of aliphatic carboxylic acids is 1. The van der Waals surface area contributed by atoms with Gasteiger partial charge in [0.05, 0.1) is 12.0 Å². The fourth-order valence-corrected chi connectivity index (χ4v) is 4.08. The topological polar surface area (TPSA) is 119 Å². The van der Waals surface area contributed by atoms with Crippen LogP contribution in [-0.4, -0.2) is 58.7 Å². The Morgan fingerprint density at radius 2 is 1.81 bits per heavy atom. The highest BCUT2D eigenvalue weighted by molar-refractivity contribution is 6.30. The molecule has 3 amide bonds. The molecule has 0 spiro atoms. The summed E-state index contributed by atoms with van der Waals surface area (Å²) in [5, 5.41) is 25.9. The van der Waals surface area contributed by atoms with Crippen LogP contribution >= 0.6 is 11.6 Å². The number of hydrogen-bond acceptors (Lipinski definition) is 4. The highest BCUT2D eigenvalue weighted by Crippen LogP contribution is 2.46. The predicted octanol–water partition coefficient (Wildman–Crippen LogP) is 2.58. The van der Waals surface area contributed by atoms with Gasteiger partial charge in [0.1, 0.15) is 6.04 Å². The minimum absolute atomic E-state index is 0.0228. The number of likely N-dealkylation sites (tertiary alicyclic amines) is 1. The average molecular weight is 454 g/mol. The van der Waals surface area contributed by atoms with E-state index >= 15 is 0 Å². The van der Waals surface area contributed by atoms with Gasteiger partial charge in [-0.1, -0.05) is 51.4 Å². The maximum atomic E-state index is 13.2. The lowest BCUT2D eigenvalue weighted by Crippen LogP contribution is -2.61. The number of nitrogens with one attached hydrogen (secondary N) is 2. The van der Waals surface area contributed by atoms with Gasteiger partial charge in [0.25, 0.3) is 0 Å². The summed E-state index contributed by atoms with van der Waals surface area (Å²) in [5.41, 5.74) is -1.01. The van der Waals surface area contributed by atoms with Crippen molar-refractivity contribution in [1.82, 2.24) is 15.5 Å². The standard InChI is InChI=1S/C22H32ClN3O5/c1-14(2)18(25-20(30)24-11-9-17(27)28)19(29)26-12-10-22(31,21(3,4)13-26)15-5-7-16(23)8-6-15/h5-8,14,18,31H,9-13H2,1-4H3,(H,27,28)(H2,24,25,30)/t18-,22+/m1/s1. The molecule has 1 aromatic carbocycles. The van der Waals surface area contributed by atoms with Gasteiger partial charge in [-0.3, -0.25) is 9.59 Å². The smallest absolute Gasteiger partial charge is 0.315 e. The van der Waals surface area contributed by atoms with Crippen molar-refractivity contribution in [3.05, 3.63) is 34.9 Å². The SMILES string of the molecule is CC(C)[C@@H](NC(=O)NCCC(=O)O)C(=O)N1CC[C@](O)(c2ccc(Cl)cc2)C(C)(C)C1. The zero-order valence-corrected chi connectivity index (χ0v) is 19.2. The molecular weight excluding hydrogens is 422 g/mol. The number of benzene rings is 1. The average Bonchev–Trinajstić information content (AvgIpc) is 2.67. The van der Waals surface area contributed by atoms with Gasteiger partial charge in [0, 0.05) is 30.1 Å². The van der Waals surface area contributed by atoms with Crippen LogP contribution in [0.5, 0.6) is 0 Å². The number of carboxylic acid groups (broad SMARTS) is 1. The van der Waals surface area contributed by atoms with Crippen LogP contribution in [0.15, 0.2) is 24.3 Å². The second-order valence-corrected chi connectivity index (χ2v) is 9.46. The largest absolute Gasteiger partial charge is 0.481 e. The van der Waals surface area contributed by atoms with Crippen LogP contribution in [-0.2, 0) is 15.2 Å². The Balaban J connectivity index is 2.10. The number of piperidine rings is 1. The molecule has 1 fully saturated rings. The van der Waals surface area contributed by atoms with Crippen molar-refractivity contribution in [2.45, 2.75) is 52.2 Å². The number of carbonyl (C=O) groups is 3. The highest BCUT2D eigenvalue weighted by Gasteiger charge is 2.50. The molecule has 2 rings (SSSR count). The number of amides is 3. The van der Waals surface area contributed by atoms with Crippen molar-refractivity contribution < 1.29 is 24.6 Å². The summed E-state index contributed by atoms with van der Waals surface area (Å²) in [4.78, 5) is 37.6. The Kier molecular flexibility index (Phi) is 7.94. The first-order chi connectivity index (χ1) is 14.4. The Morgan fingerprint density at radius 1 is 1.19 bits per heavy atom. The third-order valence-electron chi connectivity index (χ3n) is 5.93. The Labute approximate surface area is 188 Å². The maximum Gasteiger partial charge on any atom is 0.315 e. The van der Waals surface area contributed by atoms with E-state index < -0.39 is 29.1 Å². The first-order valence-electron chi connectivity index (χ1n) is 10.4. The summed E-state index contributed by atoms with van der Waals surface area (Å²) >= 11 is 5.98. The Bertz CT molecular complexity index is 812. The fraction of sp³-hybridized carbons (Fsp3) is 0.591. The molecule has 0 saturated carbocycles. The van der Waals surface area contributed by atoms with E-state index in [0.29, 0.717) is 24.5 Å². The van der Waals surface area contributed by atoms with E-state index in [0.717, 1.165) is 5.56 Å². The van der Waals surface area contributed by atoms with Gasteiger partial charge in [0.15, 0.2) is 0 Å². The van der Waals surface area contributed by atoms with Crippen LogP contribution in [0.1, 0.15) is 46.1 Å². The second-order valence-electron chi connectivity index (χ2n) is 9.03. The lowest BCUT2D eigenvalue weighted by molar-refractivity contribution is -0.155. The summed E-state index contributed by atoms with van der Waals surface area (Å²) in [6.07, 6.45) is 0.153. The first kappa shape index (κ1) is 24.9. The van der Waals surface area contributed by atoms with E-state index in [1.54, 1.807) is 17.0 Å². The lowest BCUT2D eigenvalue weighted by Gasteiger charge is -2.51. The van der Waals surface area contributed by atoms with E-state index in [-0.39, 0.29) is 24.8 Å². The molecule has 0 aliphatic carbocycles. The zero-order valence-electron chi connectivity index (χ0n) is 18.4. The fourth-order valence-electron chi connectivity index (χ4n) is 3.96. The Hall–Kier alpha value is -2.32. The molecule has 172 valence electrons. The first-order valence-corrected chi connectivity index (χ1v) is 10.8. The van der Waals surface area contributed by atoms with Crippen LogP contribution in [0.25, 0.3) is 0 Å². The van der Waals surface area contributed by atoms with Gasteiger partial charge in [0.2, 0.25) is 5.91 Å². The quantitative estimate of drug-likeness (QED) is 0.506. The summed E-state index contributed by atoms with van der Waals surface area (Å²) in [7, 11) is 0. The van der Waals surface area contributed by atoms with Gasteiger partial charge in [-0.25, -0.2) is 4.79 Å². The number of carbonyl (C=O) groups excluding carboxylic acids is 2. The molecule has 1 aromatic rings. The van der Waals surface area contributed by atoms with Crippen molar-refractivity contribution in [2.75, 3.05) is 19.6 Å². The number of hydrogen-bond donors (Lipinski definition) is 4. The maximum absolute atomic E-state index is 13.2. The molecule has 0 bridgehead atoms. The van der Waals surface area contributed by atoms with Crippen molar-refractivity contribution in [2.24, 2.45) is 11.3 Å². The number of halogens is 1. The van der Waals surface area contributed by atoms with Crippen LogP contribution < -0.4 is 10.6 Å². The molecular formula is C22H32ClN3O5. The van der Waals surface area contributed by atoms with Gasteiger partial charge < -0.3 is 25.7 Å². The van der Waals surface area contributed by atoms with E-state index in [4.69, 9.17) is 16.7 Å². The normalized spacial score (nSPS) is 21.5. The van der Waals surface area contributed by atoms with Crippen molar-refractivity contribution >= 4 is 29.5 Å². The van der Waals surface area contributed by atoms with Crippen LogP contribution in [0.3, 0.4) is 0 Å². The van der Waals surface area contributed by atoms with E-state index in [9.17, 15) is 19.5 Å². The number of urea groups is 1. The molecule has 4 N–H and O–H groups in total. The lowest BCUT2D eigenvalue weighted by atomic mass is 9.66. The second kappa shape index (κ2) is 9.87. The zero-order chi connectivity index (χ0) is 23.4.